The first kappa shape index (κ1) is 13.8. The normalized spacial score (nSPS) is 14.7. The highest BCUT2D eigenvalue weighted by Crippen LogP contribution is 2.43. The van der Waals surface area contributed by atoms with Crippen LogP contribution in [0.5, 0.6) is 0 Å². The lowest BCUT2D eigenvalue weighted by Crippen LogP contribution is -2.28. The molecule has 23 heavy (non-hydrogen) atoms. The van der Waals surface area contributed by atoms with Gasteiger partial charge in [-0.2, -0.15) is 0 Å². The summed E-state index contributed by atoms with van der Waals surface area (Å²) in [6.45, 7) is 3.44. The fourth-order valence-corrected chi connectivity index (χ4v) is 3.04. The Bertz CT molecular complexity index is 747. The van der Waals surface area contributed by atoms with Crippen LogP contribution in [0, 0.1) is 6.67 Å². The predicted molar refractivity (Wildman–Crippen MR) is 93.1 cm³/mol. The Kier molecular flexibility index (Phi) is 3.46. The van der Waals surface area contributed by atoms with E-state index in [1.54, 1.807) is 0 Å². The van der Waals surface area contributed by atoms with Crippen LogP contribution in [0.25, 0.3) is 0 Å². The molecule has 1 aromatic heterocycles. The lowest BCUT2D eigenvalue weighted by atomic mass is 10.0. The molecular weight excluding hydrogens is 282 g/mol. The van der Waals surface area contributed by atoms with Gasteiger partial charge in [-0.15, -0.1) is 0 Å². The molecule has 0 N–H and O–H groups in total. The molecule has 1 aliphatic rings. The van der Waals surface area contributed by atoms with E-state index in [0.717, 1.165) is 17.1 Å². The van der Waals surface area contributed by atoms with Crippen molar-refractivity contribution in [1.82, 2.24) is 4.98 Å². The largest absolute Gasteiger partial charge is 0.343 e. The van der Waals surface area contributed by atoms with Gasteiger partial charge in [-0.3, -0.25) is 4.98 Å². The second-order valence-electron chi connectivity index (χ2n) is 5.59. The highest BCUT2D eigenvalue weighted by Gasteiger charge is 2.32. The SMILES string of the molecule is CN1[C]N(C(c2ccccc2)c2ccccn2)c2ccccc21. The quantitative estimate of drug-likeness (QED) is 0.725. The summed E-state index contributed by atoms with van der Waals surface area (Å²) in [5.41, 5.74) is 4.51. The van der Waals surface area contributed by atoms with E-state index in [1.807, 2.05) is 36.3 Å². The Morgan fingerprint density at radius 1 is 0.826 bits per heavy atom. The molecule has 0 bridgehead atoms. The number of para-hydroxylation sites is 2. The van der Waals surface area contributed by atoms with Gasteiger partial charge in [0.1, 0.15) is 0 Å². The lowest BCUT2D eigenvalue weighted by molar-refractivity contribution is 0.753. The van der Waals surface area contributed by atoms with E-state index < -0.39 is 0 Å². The summed E-state index contributed by atoms with van der Waals surface area (Å²) in [7, 11) is 2.03. The molecule has 3 nitrogen and oxygen atoms in total. The number of anilines is 2. The van der Waals surface area contributed by atoms with Crippen LogP contribution in [0.3, 0.4) is 0 Å². The van der Waals surface area contributed by atoms with Gasteiger partial charge < -0.3 is 9.80 Å². The zero-order valence-corrected chi connectivity index (χ0v) is 12.9. The van der Waals surface area contributed by atoms with Gasteiger partial charge in [0.05, 0.1) is 23.1 Å². The van der Waals surface area contributed by atoms with Gasteiger partial charge in [-0.1, -0.05) is 48.5 Å². The van der Waals surface area contributed by atoms with Crippen LogP contribution in [-0.2, 0) is 0 Å². The van der Waals surface area contributed by atoms with E-state index in [-0.39, 0.29) is 6.04 Å². The van der Waals surface area contributed by atoms with Gasteiger partial charge in [0.25, 0.3) is 0 Å². The Hall–Kier alpha value is -2.81. The number of hydrogen-bond acceptors (Lipinski definition) is 3. The van der Waals surface area contributed by atoms with E-state index in [9.17, 15) is 0 Å². The summed E-state index contributed by atoms with van der Waals surface area (Å²) in [6.07, 6.45) is 1.84. The monoisotopic (exact) mass is 299 g/mol. The molecule has 1 atom stereocenters. The molecule has 2 radical (unpaired) electrons. The van der Waals surface area contributed by atoms with E-state index in [1.165, 1.54) is 5.56 Å². The molecule has 0 fully saturated rings. The second-order valence-corrected chi connectivity index (χ2v) is 5.59. The molecule has 1 aliphatic heterocycles. The van der Waals surface area contributed by atoms with Crippen LogP contribution in [0.2, 0.25) is 0 Å². The first-order valence-electron chi connectivity index (χ1n) is 7.69. The molecule has 4 rings (SSSR count). The van der Waals surface area contributed by atoms with Gasteiger partial charge in [-0.05, 0) is 29.8 Å². The van der Waals surface area contributed by atoms with Crippen LogP contribution in [0.4, 0.5) is 11.4 Å². The molecule has 112 valence electrons. The third-order valence-electron chi connectivity index (χ3n) is 4.10. The van der Waals surface area contributed by atoms with Gasteiger partial charge in [0.2, 0.25) is 6.67 Å². The molecule has 0 saturated heterocycles. The molecule has 0 amide bonds. The third-order valence-corrected chi connectivity index (χ3v) is 4.10. The third kappa shape index (κ3) is 2.44. The van der Waals surface area contributed by atoms with Crippen molar-refractivity contribution in [1.29, 1.82) is 0 Å². The summed E-state index contributed by atoms with van der Waals surface area (Å²) >= 11 is 0. The molecule has 1 unspecified atom stereocenters. The molecule has 3 aromatic rings. The maximum atomic E-state index is 4.60. The summed E-state index contributed by atoms with van der Waals surface area (Å²) in [4.78, 5) is 8.81. The Morgan fingerprint density at radius 2 is 1.52 bits per heavy atom. The Morgan fingerprint density at radius 3 is 2.26 bits per heavy atom. The summed E-state index contributed by atoms with van der Waals surface area (Å²) < 4.78 is 0. The highest BCUT2D eigenvalue weighted by atomic mass is 15.4. The molecule has 0 spiro atoms. The average molecular weight is 299 g/mol. The van der Waals surface area contributed by atoms with Crippen molar-refractivity contribution >= 4 is 11.4 Å². The van der Waals surface area contributed by atoms with E-state index >= 15 is 0 Å². The van der Waals surface area contributed by atoms with Gasteiger partial charge >= 0.3 is 0 Å². The zero-order valence-electron chi connectivity index (χ0n) is 12.9. The Labute approximate surface area is 136 Å². The number of rotatable bonds is 3. The van der Waals surface area contributed by atoms with Crippen molar-refractivity contribution in [2.45, 2.75) is 6.04 Å². The minimum Gasteiger partial charge on any atom is -0.343 e. The van der Waals surface area contributed by atoms with E-state index in [0.29, 0.717) is 0 Å². The maximum absolute atomic E-state index is 4.60. The zero-order chi connectivity index (χ0) is 15.6. The first-order valence-corrected chi connectivity index (χ1v) is 7.69. The van der Waals surface area contributed by atoms with Crippen molar-refractivity contribution in [2.75, 3.05) is 16.8 Å². The number of aromatic nitrogens is 1. The fourth-order valence-electron chi connectivity index (χ4n) is 3.04. The van der Waals surface area contributed by atoms with Crippen LogP contribution in [0.1, 0.15) is 17.3 Å². The predicted octanol–water partition coefficient (Wildman–Crippen LogP) is 4.12. The van der Waals surface area contributed by atoms with E-state index in [4.69, 9.17) is 0 Å². The van der Waals surface area contributed by atoms with Crippen molar-refractivity contribution in [3.8, 4) is 0 Å². The number of pyridine rings is 1. The van der Waals surface area contributed by atoms with Gasteiger partial charge in [0.15, 0.2) is 0 Å². The van der Waals surface area contributed by atoms with Crippen molar-refractivity contribution in [3.05, 3.63) is 96.9 Å². The Balaban J connectivity index is 1.84. The second kappa shape index (κ2) is 5.76. The summed E-state index contributed by atoms with van der Waals surface area (Å²) in [5, 5.41) is 0. The first-order chi connectivity index (χ1) is 11.3. The van der Waals surface area contributed by atoms with Crippen molar-refractivity contribution in [2.24, 2.45) is 0 Å². The number of nitrogens with zero attached hydrogens (tertiary/aromatic N) is 3. The maximum Gasteiger partial charge on any atom is 0.209 e. The highest BCUT2D eigenvalue weighted by molar-refractivity contribution is 5.79. The number of hydrogen-bond donors (Lipinski definition) is 0. The van der Waals surface area contributed by atoms with Crippen LogP contribution in [0.15, 0.2) is 79.0 Å². The molecular formula is C20H17N3. The lowest BCUT2D eigenvalue weighted by Gasteiger charge is -2.28. The fraction of sp³-hybridized carbons (Fsp3) is 0.100. The van der Waals surface area contributed by atoms with Crippen LogP contribution in [-0.4, -0.2) is 12.0 Å². The summed E-state index contributed by atoms with van der Waals surface area (Å²) in [5.74, 6) is 0. The van der Waals surface area contributed by atoms with Gasteiger partial charge in [-0.25, -0.2) is 0 Å². The van der Waals surface area contributed by atoms with Crippen LogP contribution < -0.4 is 9.80 Å². The molecule has 2 heterocycles. The number of benzene rings is 2. The van der Waals surface area contributed by atoms with Crippen molar-refractivity contribution < 1.29 is 0 Å². The standard InChI is InChI=1S/C20H17N3/c1-22-15-23(19-13-6-5-12-18(19)22)20(16-9-3-2-4-10-16)17-11-7-8-14-21-17/h2-14,20H,1H3. The average Bonchev–Trinajstić information content (AvgIpc) is 2.94. The van der Waals surface area contributed by atoms with Crippen molar-refractivity contribution in [3.63, 3.8) is 0 Å². The topological polar surface area (TPSA) is 19.4 Å². The van der Waals surface area contributed by atoms with E-state index in [2.05, 4.69) is 71.1 Å². The smallest absolute Gasteiger partial charge is 0.209 e. The minimum atomic E-state index is 0.00324. The molecule has 0 aliphatic carbocycles. The summed E-state index contributed by atoms with van der Waals surface area (Å²) in [6, 6.07) is 24.9. The van der Waals surface area contributed by atoms with Gasteiger partial charge in [0, 0.05) is 13.2 Å². The minimum absolute atomic E-state index is 0.00324. The number of fused-ring (bicyclic) bond motifs is 1. The molecule has 0 saturated carbocycles. The molecule has 3 heteroatoms. The van der Waals surface area contributed by atoms with Crippen LogP contribution >= 0.6 is 0 Å². The molecule has 2 aromatic carbocycles.